The molecule has 0 fully saturated rings. The summed E-state index contributed by atoms with van der Waals surface area (Å²) >= 11 is 3.62. The van der Waals surface area contributed by atoms with Crippen molar-refractivity contribution in [2.75, 3.05) is 0 Å². The van der Waals surface area contributed by atoms with Crippen LogP contribution >= 0.6 is 15.9 Å². The van der Waals surface area contributed by atoms with Gasteiger partial charge in [-0.25, -0.2) is 8.78 Å². The standard InChI is InChI=1S/C17H17BrF2/c1-10-7-11(2)16(12(3)8-10)14(18)9-13-5-4-6-15(19)17(13)20/h4-8,14H,9H2,1-3H3. The Morgan fingerprint density at radius 3 is 2.25 bits per heavy atom. The number of aryl methyl sites for hydroxylation is 3. The molecule has 0 nitrogen and oxygen atoms in total. The molecule has 1 atom stereocenters. The lowest BCUT2D eigenvalue weighted by atomic mass is 9.94. The SMILES string of the molecule is Cc1cc(C)c(C(Br)Cc2cccc(F)c2F)c(C)c1. The fourth-order valence-corrected chi connectivity index (χ4v) is 3.76. The summed E-state index contributed by atoms with van der Waals surface area (Å²) < 4.78 is 27.0. The van der Waals surface area contributed by atoms with Crippen LogP contribution in [-0.4, -0.2) is 0 Å². The fourth-order valence-electron chi connectivity index (χ4n) is 2.69. The second-order valence-corrected chi connectivity index (χ2v) is 6.30. The van der Waals surface area contributed by atoms with E-state index in [1.807, 2.05) is 13.8 Å². The van der Waals surface area contributed by atoms with Gasteiger partial charge in [-0.1, -0.05) is 45.8 Å². The lowest BCUT2D eigenvalue weighted by Crippen LogP contribution is -2.04. The molecule has 20 heavy (non-hydrogen) atoms. The zero-order valence-corrected chi connectivity index (χ0v) is 13.4. The molecule has 3 heteroatoms. The minimum absolute atomic E-state index is 0.0283. The third-order valence-corrected chi connectivity index (χ3v) is 4.26. The van der Waals surface area contributed by atoms with Crippen molar-refractivity contribution in [1.29, 1.82) is 0 Å². The number of hydrogen-bond donors (Lipinski definition) is 0. The van der Waals surface area contributed by atoms with E-state index in [1.165, 1.54) is 16.7 Å². The van der Waals surface area contributed by atoms with Crippen molar-refractivity contribution in [3.05, 3.63) is 69.8 Å². The summed E-state index contributed by atoms with van der Waals surface area (Å²) in [7, 11) is 0. The zero-order chi connectivity index (χ0) is 14.9. The largest absolute Gasteiger partial charge is 0.204 e. The molecule has 0 saturated heterocycles. The molecule has 0 aromatic heterocycles. The highest BCUT2D eigenvalue weighted by Crippen LogP contribution is 2.33. The van der Waals surface area contributed by atoms with Gasteiger partial charge in [-0.05, 0) is 55.5 Å². The Morgan fingerprint density at radius 2 is 1.65 bits per heavy atom. The predicted octanol–water partition coefficient (Wildman–Crippen LogP) is 5.57. The van der Waals surface area contributed by atoms with Gasteiger partial charge in [0.05, 0.1) is 0 Å². The third-order valence-electron chi connectivity index (χ3n) is 3.48. The van der Waals surface area contributed by atoms with Crippen molar-refractivity contribution in [3.63, 3.8) is 0 Å². The molecule has 0 spiro atoms. The van der Waals surface area contributed by atoms with E-state index in [0.717, 1.165) is 11.6 Å². The van der Waals surface area contributed by atoms with Crippen molar-refractivity contribution in [2.24, 2.45) is 0 Å². The summed E-state index contributed by atoms with van der Waals surface area (Å²) in [5.74, 6) is -1.54. The van der Waals surface area contributed by atoms with E-state index in [0.29, 0.717) is 12.0 Å². The molecular weight excluding hydrogens is 322 g/mol. The summed E-state index contributed by atoms with van der Waals surface area (Å²) in [6, 6.07) is 8.54. The normalized spacial score (nSPS) is 12.5. The Balaban J connectivity index is 2.33. The van der Waals surface area contributed by atoms with Gasteiger partial charge in [-0.3, -0.25) is 0 Å². The average molecular weight is 339 g/mol. The molecule has 2 aromatic carbocycles. The van der Waals surface area contributed by atoms with E-state index in [1.54, 1.807) is 12.1 Å². The van der Waals surface area contributed by atoms with E-state index in [4.69, 9.17) is 0 Å². The van der Waals surface area contributed by atoms with Crippen LogP contribution in [0.4, 0.5) is 8.78 Å². The topological polar surface area (TPSA) is 0 Å². The molecule has 0 saturated carbocycles. The maximum Gasteiger partial charge on any atom is 0.162 e. The monoisotopic (exact) mass is 338 g/mol. The third kappa shape index (κ3) is 3.09. The Hall–Kier alpha value is -1.22. The Labute approximate surface area is 127 Å². The molecule has 0 heterocycles. The van der Waals surface area contributed by atoms with Crippen LogP contribution in [-0.2, 0) is 6.42 Å². The van der Waals surface area contributed by atoms with Gasteiger partial charge in [0.2, 0.25) is 0 Å². The molecule has 1 unspecified atom stereocenters. The molecule has 2 rings (SSSR count). The number of benzene rings is 2. The summed E-state index contributed by atoms with van der Waals surface area (Å²) in [5, 5.41) is 0. The molecule has 0 aliphatic heterocycles. The molecule has 0 N–H and O–H groups in total. The number of alkyl halides is 1. The van der Waals surface area contributed by atoms with Gasteiger partial charge in [-0.15, -0.1) is 0 Å². The van der Waals surface area contributed by atoms with Crippen molar-refractivity contribution in [2.45, 2.75) is 32.0 Å². The van der Waals surface area contributed by atoms with E-state index < -0.39 is 11.6 Å². The minimum Gasteiger partial charge on any atom is -0.204 e. The zero-order valence-electron chi connectivity index (χ0n) is 11.8. The van der Waals surface area contributed by atoms with Gasteiger partial charge < -0.3 is 0 Å². The maximum absolute atomic E-state index is 13.7. The Kier molecular flexibility index (Phi) is 4.59. The van der Waals surface area contributed by atoms with Crippen LogP contribution in [0.1, 0.15) is 32.6 Å². The first-order valence-corrected chi connectivity index (χ1v) is 7.46. The van der Waals surface area contributed by atoms with Crippen LogP contribution in [0.3, 0.4) is 0 Å². The van der Waals surface area contributed by atoms with Crippen LogP contribution in [0.5, 0.6) is 0 Å². The molecule has 0 aliphatic carbocycles. The first-order valence-electron chi connectivity index (χ1n) is 6.55. The highest BCUT2D eigenvalue weighted by Gasteiger charge is 2.17. The highest BCUT2D eigenvalue weighted by molar-refractivity contribution is 9.09. The van der Waals surface area contributed by atoms with Gasteiger partial charge in [0, 0.05) is 4.83 Å². The molecule has 106 valence electrons. The Bertz CT molecular complexity index is 612. The number of hydrogen-bond acceptors (Lipinski definition) is 0. The average Bonchev–Trinajstić information content (AvgIpc) is 2.33. The summed E-state index contributed by atoms with van der Waals surface area (Å²) in [5.41, 5.74) is 5.09. The van der Waals surface area contributed by atoms with E-state index in [9.17, 15) is 8.78 Å². The van der Waals surface area contributed by atoms with Crippen LogP contribution < -0.4 is 0 Å². The first kappa shape index (κ1) is 15.2. The van der Waals surface area contributed by atoms with Crippen molar-refractivity contribution < 1.29 is 8.78 Å². The van der Waals surface area contributed by atoms with Crippen LogP contribution in [0, 0.1) is 32.4 Å². The minimum atomic E-state index is -0.792. The van der Waals surface area contributed by atoms with Crippen molar-refractivity contribution in [3.8, 4) is 0 Å². The highest BCUT2D eigenvalue weighted by atomic mass is 79.9. The summed E-state index contributed by atoms with van der Waals surface area (Å²) in [4.78, 5) is -0.0283. The van der Waals surface area contributed by atoms with E-state index in [2.05, 4.69) is 35.0 Å². The first-order chi connectivity index (χ1) is 9.40. The lowest BCUT2D eigenvalue weighted by Gasteiger charge is -2.17. The lowest BCUT2D eigenvalue weighted by molar-refractivity contribution is 0.498. The Morgan fingerprint density at radius 1 is 1.05 bits per heavy atom. The van der Waals surface area contributed by atoms with E-state index in [-0.39, 0.29) is 4.83 Å². The maximum atomic E-state index is 13.7. The predicted molar refractivity (Wildman–Crippen MR) is 82.4 cm³/mol. The van der Waals surface area contributed by atoms with Gasteiger partial charge in [0.25, 0.3) is 0 Å². The quantitative estimate of drug-likeness (QED) is 0.642. The molecular formula is C17H17BrF2. The second kappa shape index (κ2) is 6.04. The smallest absolute Gasteiger partial charge is 0.162 e. The van der Waals surface area contributed by atoms with Crippen LogP contribution in [0.2, 0.25) is 0 Å². The molecule has 2 aromatic rings. The molecule has 0 aliphatic rings. The summed E-state index contributed by atoms with van der Waals surface area (Å²) in [6.45, 7) is 6.15. The van der Waals surface area contributed by atoms with Gasteiger partial charge in [-0.2, -0.15) is 0 Å². The number of halogens is 3. The van der Waals surface area contributed by atoms with E-state index >= 15 is 0 Å². The van der Waals surface area contributed by atoms with Gasteiger partial charge >= 0.3 is 0 Å². The van der Waals surface area contributed by atoms with Gasteiger partial charge in [0.1, 0.15) is 0 Å². The molecule has 0 amide bonds. The van der Waals surface area contributed by atoms with Gasteiger partial charge in [0.15, 0.2) is 11.6 Å². The number of rotatable bonds is 3. The fraction of sp³-hybridized carbons (Fsp3) is 0.294. The van der Waals surface area contributed by atoms with Crippen LogP contribution in [0.15, 0.2) is 30.3 Å². The van der Waals surface area contributed by atoms with Crippen molar-refractivity contribution >= 4 is 15.9 Å². The summed E-state index contributed by atoms with van der Waals surface area (Å²) in [6.07, 6.45) is 0.425. The molecule has 0 radical (unpaired) electrons. The van der Waals surface area contributed by atoms with Crippen LogP contribution in [0.25, 0.3) is 0 Å². The van der Waals surface area contributed by atoms with Crippen molar-refractivity contribution in [1.82, 2.24) is 0 Å². The molecule has 0 bridgehead atoms. The second-order valence-electron chi connectivity index (χ2n) is 5.20.